The zero-order valence-corrected chi connectivity index (χ0v) is 13.9. The number of fused-ring (bicyclic) bond motifs is 3. The van der Waals surface area contributed by atoms with E-state index in [1.165, 1.54) is 0 Å². The number of carbonyl (C=O) groups is 1. The largest absolute Gasteiger partial charge is 0.371 e. The Labute approximate surface area is 146 Å². The number of piperidine rings is 2. The molecule has 3 aliphatic rings. The highest BCUT2D eigenvalue weighted by molar-refractivity contribution is 5.92. The zero-order valence-electron chi connectivity index (χ0n) is 13.9. The molecule has 2 saturated heterocycles. The number of nitriles is 3. The summed E-state index contributed by atoms with van der Waals surface area (Å²) in [5.41, 5.74) is -4.76. The van der Waals surface area contributed by atoms with Crippen LogP contribution in [0, 0.1) is 50.7 Å². The highest BCUT2D eigenvalue weighted by atomic mass is 16.3. The Balaban J connectivity index is 2.35. The molecule has 4 atom stereocenters. The lowest BCUT2D eigenvalue weighted by atomic mass is 9.43. The minimum Gasteiger partial charge on any atom is -0.371 e. The van der Waals surface area contributed by atoms with E-state index in [0.717, 1.165) is 6.42 Å². The lowest BCUT2D eigenvalue weighted by molar-refractivity contribution is -0.197. The van der Waals surface area contributed by atoms with E-state index in [1.807, 2.05) is 31.2 Å². The summed E-state index contributed by atoms with van der Waals surface area (Å²) >= 11 is 0. The first-order valence-electron chi connectivity index (χ1n) is 8.28. The molecule has 4 rings (SSSR count). The molecule has 2 heterocycles. The normalized spacial score (nSPS) is 35.1. The number of benzene rings is 1. The molecule has 1 aromatic carbocycles. The summed E-state index contributed by atoms with van der Waals surface area (Å²) in [4.78, 5) is 12.9. The fraction of sp³-hybridized carbons (Fsp3) is 0.474. The Bertz CT molecular complexity index is 818. The predicted octanol–water partition coefficient (Wildman–Crippen LogP) is 1.95. The molecule has 0 radical (unpaired) electrons. The maximum Gasteiger partial charge on any atom is 0.246 e. The van der Waals surface area contributed by atoms with Crippen molar-refractivity contribution < 1.29 is 9.90 Å². The van der Waals surface area contributed by atoms with E-state index in [4.69, 9.17) is 0 Å². The number of aliphatic hydroxyl groups is 1. The molecule has 1 saturated carbocycles. The third-order valence-corrected chi connectivity index (χ3v) is 5.69. The molecule has 2 N–H and O–H groups in total. The van der Waals surface area contributed by atoms with Crippen LogP contribution in [0.5, 0.6) is 0 Å². The molecular formula is C19H18N4O2. The molecule has 3 fully saturated rings. The summed E-state index contributed by atoms with van der Waals surface area (Å²) < 4.78 is 0. The van der Waals surface area contributed by atoms with Gasteiger partial charge in [0.1, 0.15) is 5.72 Å². The Morgan fingerprint density at radius 1 is 1.20 bits per heavy atom. The minimum absolute atomic E-state index is 0.264. The van der Waals surface area contributed by atoms with Crippen molar-refractivity contribution in [1.29, 1.82) is 15.8 Å². The Morgan fingerprint density at radius 3 is 2.36 bits per heavy atom. The van der Waals surface area contributed by atoms with Gasteiger partial charge in [-0.25, -0.2) is 0 Å². The summed E-state index contributed by atoms with van der Waals surface area (Å²) in [6.07, 6.45) is 1.03. The van der Waals surface area contributed by atoms with Crippen LogP contribution in [0.15, 0.2) is 30.3 Å². The van der Waals surface area contributed by atoms with Crippen LogP contribution in [0.3, 0.4) is 0 Å². The molecule has 4 unspecified atom stereocenters. The van der Waals surface area contributed by atoms with Crippen LogP contribution in [-0.4, -0.2) is 16.7 Å². The van der Waals surface area contributed by atoms with Gasteiger partial charge in [-0.15, -0.1) is 0 Å². The molecule has 126 valence electrons. The van der Waals surface area contributed by atoms with Gasteiger partial charge >= 0.3 is 0 Å². The van der Waals surface area contributed by atoms with Crippen LogP contribution in [0.4, 0.5) is 0 Å². The highest BCUT2D eigenvalue weighted by Gasteiger charge is 2.77. The van der Waals surface area contributed by atoms with Crippen molar-refractivity contribution >= 4 is 5.91 Å². The van der Waals surface area contributed by atoms with Crippen LogP contribution in [-0.2, 0) is 4.79 Å². The van der Waals surface area contributed by atoms with E-state index >= 15 is 0 Å². The first-order chi connectivity index (χ1) is 11.9. The van der Waals surface area contributed by atoms with Crippen LogP contribution in [0.2, 0.25) is 0 Å². The number of rotatable bonds is 3. The van der Waals surface area contributed by atoms with Crippen molar-refractivity contribution in [1.82, 2.24) is 5.32 Å². The average Bonchev–Trinajstić information content (AvgIpc) is 2.63. The van der Waals surface area contributed by atoms with Gasteiger partial charge in [-0.3, -0.25) is 4.79 Å². The van der Waals surface area contributed by atoms with Gasteiger partial charge in [0.05, 0.1) is 18.2 Å². The number of hydrogen-bond acceptors (Lipinski definition) is 5. The lowest BCUT2D eigenvalue weighted by Crippen LogP contribution is -2.76. The summed E-state index contributed by atoms with van der Waals surface area (Å²) in [5.74, 6) is -1.93. The smallest absolute Gasteiger partial charge is 0.246 e. The predicted molar refractivity (Wildman–Crippen MR) is 87.0 cm³/mol. The van der Waals surface area contributed by atoms with E-state index in [1.54, 1.807) is 24.3 Å². The van der Waals surface area contributed by atoms with Crippen molar-refractivity contribution in [3.05, 3.63) is 35.9 Å². The summed E-state index contributed by atoms with van der Waals surface area (Å²) in [6.45, 7) is 1.95. The summed E-state index contributed by atoms with van der Waals surface area (Å²) in [6, 6.07) is 14.8. The number of hydrogen-bond donors (Lipinski definition) is 2. The molecular weight excluding hydrogens is 316 g/mol. The van der Waals surface area contributed by atoms with E-state index < -0.39 is 34.3 Å². The quantitative estimate of drug-likeness (QED) is 0.875. The van der Waals surface area contributed by atoms with Gasteiger partial charge in [0, 0.05) is 18.3 Å². The molecule has 6 nitrogen and oxygen atoms in total. The molecule has 0 spiro atoms. The van der Waals surface area contributed by atoms with Gasteiger partial charge in [0.15, 0.2) is 10.8 Å². The molecule has 0 aromatic heterocycles. The Hall–Kier alpha value is -2.88. The van der Waals surface area contributed by atoms with Crippen LogP contribution >= 0.6 is 0 Å². The number of amides is 1. The van der Waals surface area contributed by atoms with E-state index in [-0.39, 0.29) is 6.42 Å². The number of nitrogens with zero attached hydrogens (tertiary/aromatic N) is 3. The summed E-state index contributed by atoms with van der Waals surface area (Å²) in [7, 11) is 0. The highest BCUT2D eigenvalue weighted by Crippen LogP contribution is 2.65. The molecule has 25 heavy (non-hydrogen) atoms. The second-order valence-corrected chi connectivity index (χ2v) is 6.89. The topological polar surface area (TPSA) is 121 Å². The van der Waals surface area contributed by atoms with Gasteiger partial charge in [0.2, 0.25) is 5.91 Å². The van der Waals surface area contributed by atoms with Crippen LogP contribution in [0.1, 0.15) is 37.7 Å². The molecule has 1 amide bonds. The fourth-order valence-electron chi connectivity index (χ4n) is 4.64. The van der Waals surface area contributed by atoms with E-state index in [2.05, 4.69) is 5.32 Å². The monoisotopic (exact) mass is 334 g/mol. The van der Waals surface area contributed by atoms with Gasteiger partial charge in [-0.1, -0.05) is 43.7 Å². The summed E-state index contributed by atoms with van der Waals surface area (Å²) in [5, 5.41) is 43.3. The van der Waals surface area contributed by atoms with Crippen LogP contribution in [0.25, 0.3) is 0 Å². The molecule has 6 heteroatoms. The van der Waals surface area contributed by atoms with Crippen molar-refractivity contribution in [3.63, 3.8) is 0 Å². The van der Waals surface area contributed by atoms with Crippen molar-refractivity contribution in [2.45, 2.75) is 37.8 Å². The van der Waals surface area contributed by atoms with E-state index in [9.17, 15) is 25.7 Å². The van der Waals surface area contributed by atoms with Crippen molar-refractivity contribution in [2.24, 2.45) is 16.7 Å². The number of carbonyl (C=O) groups excluding carboxylic acids is 1. The third kappa shape index (κ3) is 1.94. The minimum atomic E-state index is -1.90. The average molecular weight is 334 g/mol. The molecule has 1 aliphatic carbocycles. The van der Waals surface area contributed by atoms with Gasteiger partial charge < -0.3 is 10.4 Å². The van der Waals surface area contributed by atoms with Gasteiger partial charge in [0.25, 0.3) is 0 Å². The lowest BCUT2D eigenvalue weighted by Gasteiger charge is -2.61. The fourth-order valence-corrected chi connectivity index (χ4v) is 4.64. The van der Waals surface area contributed by atoms with E-state index in [0.29, 0.717) is 12.0 Å². The van der Waals surface area contributed by atoms with Crippen molar-refractivity contribution in [2.75, 3.05) is 0 Å². The second-order valence-electron chi connectivity index (χ2n) is 6.89. The van der Waals surface area contributed by atoms with Gasteiger partial charge in [-0.2, -0.15) is 15.8 Å². The van der Waals surface area contributed by atoms with Crippen LogP contribution < -0.4 is 5.32 Å². The Morgan fingerprint density at radius 2 is 1.84 bits per heavy atom. The Kier molecular flexibility index (Phi) is 3.79. The second kappa shape index (κ2) is 5.59. The number of nitrogens with one attached hydrogen (secondary N) is 1. The molecule has 1 aromatic rings. The maximum absolute atomic E-state index is 12.9. The van der Waals surface area contributed by atoms with Crippen molar-refractivity contribution in [3.8, 4) is 18.2 Å². The zero-order chi connectivity index (χ0) is 18.3. The first-order valence-corrected chi connectivity index (χ1v) is 8.28. The standard InChI is InChI=1S/C19H18N4O2/c1-2-6-14-15(13-7-4-3-5-8-13)18(12-22)16(24)23-19(14,25)9-17(18,10-20)11-21/h3-5,7-8,14-15,25H,2,6,9H2,1H3,(H,23,24). The van der Waals surface area contributed by atoms with Gasteiger partial charge in [-0.05, 0) is 12.0 Å². The maximum atomic E-state index is 12.9. The SMILES string of the molecule is CCCC1C(c2ccccc2)C2(C#N)C(=O)NC1(O)CC2(C#N)C#N. The molecule has 2 bridgehead atoms. The third-order valence-electron chi connectivity index (χ3n) is 5.69. The molecule has 2 aliphatic heterocycles. The first kappa shape index (κ1) is 17.0.